The van der Waals surface area contributed by atoms with Crippen molar-refractivity contribution in [3.63, 3.8) is 0 Å². The Kier molecular flexibility index (Phi) is 11.6. The van der Waals surface area contributed by atoms with Gasteiger partial charge in [0.25, 0.3) is 0 Å². The third-order valence-electron chi connectivity index (χ3n) is 8.64. The molecule has 0 radical (unpaired) electrons. The number of rotatable bonds is 13. The number of hydrogen-bond donors (Lipinski definition) is 4. The van der Waals surface area contributed by atoms with Crippen LogP contribution in [-0.4, -0.2) is 90.9 Å². The maximum absolute atomic E-state index is 13.6. The molecule has 1 fully saturated rings. The highest BCUT2D eigenvalue weighted by atomic mass is 127. The molecule has 0 bridgehead atoms. The van der Waals surface area contributed by atoms with Gasteiger partial charge in [0.1, 0.15) is 24.5 Å². The Morgan fingerprint density at radius 2 is 1.54 bits per heavy atom. The zero-order valence-corrected chi connectivity index (χ0v) is 30.3. The Morgan fingerprint density at radius 3 is 2.13 bits per heavy atom. The molecule has 0 spiro atoms. The molecule has 0 unspecified atom stereocenters. The van der Waals surface area contributed by atoms with Crippen LogP contribution in [0.2, 0.25) is 0 Å². The molecule has 8 amide bonds. The molecule has 0 aromatic heterocycles. The minimum absolute atomic E-state index is 0.0626. The summed E-state index contributed by atoms with van der Waals surface area (Å²) in [5.41, 5.74) is 14.4. The summed E-state index contributed by atoms with van der Waals surface area (Å²) in [5, 5.41) is 4.76. The molecule has 272 valence electrons. The number of amides is 8. The van der Waals surface area contributed by atoms with E-state index in [0.29, 0.717) is 11.4 Å². The molecule has 1 saturated heterocycles. The number of carbonyl (C=O) groups excluding carboxylic acids is 7. The lowest BCUT2D eigenvalue weighted by Gasteiger charge is -2.35. The number of primary amides is 2. The Morgan fingerprint density at radius 1 is 0.923 bits per heavy atom. The third-order valence-corrected chi connectivity index (χ3v) is 9.31. The summed E-state index contributed by atoms with van der Waals surface area (Å²) in [6.45, 7) is -0.540. The number of imide groups is 1. The van der Waals surface area contributed by atoms with Crippen LogP contribution in [0.4, 0.5) is 15.3 Å². The molecule has 5 rings (SSSR count). The number of nitrogens with zero attached hydrogens (tertiary/aromatic N) is 3. The molecule has 6 N–H and O–H groups in total. The summed E-state index contributed by atoms with van der Waals surface area (Å²) in [6.07, 6.45) is -3.19. The monoisotopic (exact) mass is 825 g/mol. The highest BCUT2D eigenvalue weighted by Crippen LogP contribution is 2.45. The van der Waals surface area contributed by atoms with Crippen molar-refractivity contribution in [3.05, 3.63) is 81.4 Å². The maximum atomic E-state index is 13.6. The lowest BCUT2D eigenvalue weighted by Crippen LogP contribution is -2.59. The van der Waals surface area contributed by atoms with Crippen molar-refractivity contribution < 1.29 is 43.0 Å². The first-order valence-electron chi connectivity index (χ1n) is 16.0. The minimum atomic E-state index is -1.62. The van der Waals surface area contributed by atoms with Crippen LogP contribution in [0, 0.1) is 3.57 Å². The van der Waals surface area contributed by atoms with Gasteiger partial charge in [0.05, 0.1) is 25.6 Å². The second kappa shape index (κ2) is 16.1. The summed E-state index contributed by atoms with van der Waals surface area (Å²) >= 11 is 2.07. The van der Waals surface area contributed by atoms with Gasteiger partial charge in [-0.15, -0.1) is 0 Å². The number of benzene rings is 3. The van der Waals surface area contributed by atoms with Crippen molar-refractivity contribution in [1.82, 2.24) is 20.4 Å². The second-order valence-corrected chi connectivity index (χ2v) is 13.2. The van der Waals surface area contributed by atoms with Gasteiger partial charge >= 0.3 is 12.1 Å². The first-order valence-corrected chi connectivity index (χ1v) is 17.1. The van der Waals surface area contributed by atoms with Crippen LogP contribution in [0.1, 0.15) is 36.5 Å². The van der Waals surface area contributed by atoms with Crippen LogP contribution < -0.4 is 31.7 Å². The highest BCUT2D eigenvalue weighted by Gasteiger charge is 2.38. The van der Waals surface area contributed by atoms with Gasteiger partial charge in [-0.05, 0) is 51.9 Å². The van der Waals surface area contributed by atoms with Crippen LogP contribution in [0.3, 0.4) is 0 Å². The van der Waals surface area contributed by atoms with Crippen LogP contribution in [0.5, 0.6) is 5.75 Å². The topological polar surface area (TPSA) is 224 Å². The van der Waals surface area contributed by atoms with E-state index < -0.39 is 79.4 Å². The zero-order valence-electron chi connectivity index (χ0n) is 28.2. The van der Waals surface area contributed by atoms with Crippen molar-refractivity contribution >= 4 is 69.9 Å². The number of carbonyl (C=O) groups is 7. The molecule has 52 heavy (non-hydrogen) atoms. The molecule has 0 saturated carbocycles. The van der Waals surface area contributed by atoms with Crippen LogP contribution in [-0.2, 0) is 28.7 Å². The first-order chi connectivity index (χ1) is 24.8. The lowest BCUT2D eigenvalue weighted by molar-refractivity contribution is -0.135. The summed E-state index contributed by atoms with van der Waals surface area (Å²) in [4.78, 5) is 93.8. The summed E-state index contributed by atoms with van der Waals surface area (Å²) in [5.74, 6) is -4.08. The van der Waals surface area contributed by atoms with E-state index in [-0.39, 0.29) is 13.0 Å². The Labute approximate surface area is 311 Å². The van der Waals surface area contributed by atoms with Gasteiger partial charge in [-0.2, -0.15) is 0 Å². The summed E-state index contributed by atoms with van der Waals surface area (Å²) in [6, 6.07) is 16.0. The van der Waals surface area contributed by atoms with Gasteiger partial charge in [0.15, 0.2) is 6.10 Å². The molecule has 16 nitrogen and oxygen atoms in total. The zero-order chi connectivity index (χ0) is 37.7. The fourth-order valence-electron chi connectivity index (χ4n) is 6.05. The number of ether oxygens (including phenoxy) is 2. The van der Waals surface area contributed by atoms with E-state index in [1.54, 1.807) is 30.3 Å². The Hall–Kier alpha value is -5.72. The normalized spacial score (nSPS) is 14.8. The number of likely N-dealkylation sites (N-methyl/N-ethyl adjacent to an activating group) is 1. The van der Waals surface area contributed by atoms with Crippen LogP contribution in [0.15, 0.2) is 66.7 Å². The quantitative estimate of drug-likeness (QED) is 0.185. The largest absolute Gasteiger partial charge is 0.495 e. The number of fused-ring (bicyclic) bond motifs is 3. The van der Waals surface area contributed by atoms with Crippen molar-refractivity contribution in [1.29, 1.82) is 0 Å². The average molecular weight is 826 g/mol. The van der Waals surface area contributed by atoms with Crippen molar-refractivity contribution in [3.8, 4) is 16.9 Å². The van der Waals surface area contributed by atoms with Gasteiger partial charge in [-0.3, -0.25) is 33.8 Å². The molecule has 1 aliphatic carbocycles. The number of halogens is 1. The SMILES string of the molecule is COc1ccc(I)cc1N1CCC(=O)N(CNC(=O)[C@H](CC(N)=O)NC(=O)[C@H](CC(N)=O)N(C)C(=O)OC2c3ccccc3-c3ccccc32)C1=O. The molecule has 17 heteroatoms. The van der Waals surface area contributed by atoms with Gasteiger partial charge in [-0.25, -0.2) is 14.5 Å². The molecule has 3 aromatic rings. The number of nitrogens with two attached hydrogens (primary N) is 2. The van der Waals surface area contributed by atoms with E-state index in [4.69, 9.17) is 20.9 Å². The smallest absolute Gasteiger partial charge is 0.411 e. The molecular formula is C35H36IN7O9. The van der Waals surface area contributed by atoms with Gasteiger partial charge in [0, 0.05) is 34.7 Å². The van der Waals surface area contributed by atoms with E-state index in [9.17, 15) is 33.6 Å². The summed E-state index contributed by atoms with van der Waals surface area (Å²) in [7, 11) is 2.67. The third kappa shape index (κ3) is 8.09. The Balaban J connectivity index is 1.29. The van der Waals surface area contributed by atoms with E-state index in [0.717, 1.165) is 35.6 Å². The molecular weight excluding hydrogens is 789 g/mol. The Bertz CT molecular complexity index is 1890. The van der Waals surface area contributed by atoms with Crippen LogP contribution in [0.25, 0.3) is 11.1 Å². The van der Waals surface area contributed by atoms with E-state index >= 15 is 0 Å². The van der Waals surface area contributed by atoms with Crippen LogP contribution >= 0.6 is 22.6 Å². The molecule has 2 aliphatic rings. The predicted molar refractivity (Wildman–Crippen MR) is 194 cm³/mol. The number of hydrogen-bond acceptors (Lipinski definition) is 9. The first kappa shape index (κ1) is 37.5. The number of urea groups is 1. The molecule has 3 aromatic carbocycles. The number of anilines is 1. The van der Waals surface area contributed by atoms with Gasteiger partial charge in [0.2, 0.25) is 29.5 Å². The molecule has 1 heterocycles. The van der Waals surface area contributed by atoms with Crippen molar-refractivity contribution in [2.45, 2.75) is 37.5 Å². The fraction of sp³-hybridized carbons (Fsp3) is 0.286. The lowest BCUT2D eigenvalue weighted by atomic mass is 10.1. The highest BCUT2D eigenvalue weighted by molar-refractivity contribution is 14.1. The van der Waals surface area contributed by atoms with E-state index in [2.05, 4.69) is 33.2 Å². The van der Waals surface area contributed by atoms with Crippen molar-refractivity contribution in [2.75, 3.05) is 32.3 Å². The minimum Gasteiger partial charge on any atom is -0.495 e. The molecule has 2 atom stereocenters. The fourth-order valence-corrected chi connectivity index (χ4v) is 6.52. The number of methoxy groups -OCH3 is 1. The average Bonchev–Trinajstić information content (AvgIpc) is 3.42. The van der Waals surface area contributed by atoms with E-state index in [1.165, 1.54) is 19.1 Å². The van der Waals surface area contributed by atoms with E-state index in [1.807, 2.05) is 36.4 Å². The predicted octanol–water partition coefficient (Wildman–Crippen LogP) is 1.97. The van der Waals surface area contributed by atoms with Crippen molar-refractivity contribution in [2.24, 2.45) is 11.5 Å². The van der Waals surface area contributed by atoms with Gasteiger partial charge in [-0.1, -0.05) is 48.5 Å². The maximum Gasteiger partial charge on any atom is 0.411 e. The standard InChI is InChI=1S/C35H36IN7O9/c1-41(35(50)52-31-22-9-5-3-7-20(22)21-8-4-6-10-23(21)31)26(17-29(38)45)33(48)40-24(16-28(37)44)32(47)39-18-43-30(46)13-14-42(34(43)49)25-15-19(36)11-12-27(25)51-2/h3-12,15,24,26,31H,13-14,16-18H2,1-2H3,(H2,37,44)(H2,38,45)(H,39,47)(H,40,48)/t24-,26-/m0/s1. The summed E-state index contributed by atoms with van der Waals surface area (Å²) < 4.78 is 12.1. The van der Waals surface area contributed by atoms with Gasteiger partial charge < -0.3 is 31.6 Å². The molecule has 1 aliphatic heterocycles. The second-order valence-electron chi connectivity index (χ2n) is 12.0. The number of nitrogens with one attached hydrogen (secondary N) is 2.